The number of hydrogen-bond donors (Lipinski definition) is 1. The predicted octanol–water partition coefficient (Wildman–Crippen LogP) is 2.46. The zero-order valence-corrected chi connectivity index (χ0v) is 13.6. The number of carbonyl (C=O) groups excluding carboxylic acids is 1. The first kappa shape index (κ1) is 15.6. The van der Waals surface area contributed by atoms with Crippen molar-refractivity contribution in [2.75, 3.05) is 36.4 Å². The lowest BCUT2D eigenvalue weighted by atomic mass is 10.3. The highest BCUT2D eigenvalue weighted by Gasteiger charge is 2.17. The summed E-state index contributed by atoms with van der Waals surface area (Å²) in [5.41, 5.74) is 1.78. The van der Waals surface area contributed by atoms with E-state index < -0.39 is 0 Å². The standard InChI is InChI=1S/C16H18ClN5O/c1-12-10-15(22-8-6-21(11-23)7-9-22)20-16(18-12)19-14-4-2-13(17)3-5-14/h2-5,10-11H,6-9H2,1H3,(H,18,19,20). The number of hydrogen-bond acceptors (Lipinski definition) is 5. The Morgan fingerprint density at radius 1 is 1.13 bits per heavy atom. The van der Waals surface area contributed by atoms with Crippen molar-refractivity contribution in [2.45, 2.75) is 6.92 Å². The fraction of sp³-hybridized carbons (Fsp3) is 0.312. The van der Waals surface area contributed by atoms with Gasteiger partial charge >= 0.3 is 0 Å². The molecule has 0 atom stereocenters. The summed E-state index contributed by atoms with van der Waals surface area (Å²) in [5.74, 6) is 1.43. The summed E-state index contributed by atoms with van der Waals surface area (Å²) in [5, 5.41) is 3.89. The van der Waals surface area contributed by atoms with E-state index in [2.05, 4.69) is 20.2 Å². The van der Waals surface area contributed by atoms with Crippen LogP contribution in [0.5, 0.6) is 0 Å². The van der Waals surface area contributed by atoms with Gasteiger partial charge in [0.1, 0.15) is 5.82 Å². The van der Waals surface area contributed by atoms with Gasteiger partial charge in [0, 0.05) is 48.6 Å². The second-order valence-corrected chi connectivity index (χ2v) is 5.89. The minimum absolute atomic E-state index is 0.556. The van der Waals surface area contributed by atoms with Gasteiger partial charge in [-0.05, 0) is 31.2 Å². The van der Waals surface area contributed by atoms with E-state index in [1.807, 2.05) is 37.3 Å². The van der Waals surface area contributed by atoms with Crippen molar-refractivity contribution in [3.8, 4) is 0 Å². The molecule has 0 unspecified atom stereocenters. The van der Waals surface area contributed by atoms with E-state index >= 15 is 0 Å². The van der Waals surface area contributed by atoms with Crippen LogP contribution < -0.4 is 10.2 Å². The smallest absolute Gasteiger partial charge is 0.229 e. The van der Waals surface area contributed by atoms with Gasteiger partial charge in [-0.15, -0.1) is 0 Å². The van der Waals surface area contributed by atoms with Crippen molar-refractivity contribution in [1.82, 2.24) is 14.9 Å². The molecule has 2 aromatic rings. The minimum atomic E-state index is 0.556. The largest absolute Gasteiger partial charge is 0.353 e. The summed E-state index contributed by atoms with van der Waals surface area (Å²) in [6, 6.07) is 9.37. The second kappa shape index (κ2) is 6.83. The maximum atomic E-state index is 10.8. The van der Waals surface area contributed by atoms with Crippen LogP contribution in [0.2, 0.25) is 5.02 Å². The number of anilines is 3. The van der Waals surface area contributed by atoms with Crippen molar-refractivity contribution in [2.24, 2.45) is 0 Å². The van der Waals surface area contributed by atoms with E-state index in [0.717, 1.165) is 36.7 Å². The number of rotatable bonds is 4. The Balaban J connectivity index is 1.76. The van der Waals surface area contributed by atoms with Gasteiger partial charge in [-0.25, -0.2) is 4.98 Å². The third kappa shape index (κ3) is 3.90. The SMILES string of the molecule is Cc1cc(N2CCN(C=O)CC2)nc(Nc2ccc(Cl)cc2)n1. The van der Waals surface area contributed by atoms with E-state index in [4.69, 9.17) is 11.6 Å². The van der Waals surface area contributed by atoms with E-state index in [1.54, 1.807) is 4.90 Å². The molecule has 6 nitrogen and oxygen atoms in total. The molecule has 3 rings (SSSR count). The van der Waals surface area contributed by atoms with Crippen LogP contribution in [0.1, 0.15) is 5.69 Å². The van der Waals surface area contributed by atoms with Gasteiger partial charge in [-0.3, -0.25) is 4.79 Å². The highest BCUT2D eigenvalue weighted by molar-refractivity contribution is 6.30. The Morgan fingerprint density at radius 2 is 1.83 bits per heavy atom. The average Bonchev–Trinajstić information content (AvgIpc) is 2.56. The molecular weight excluding hydrogens is 314 g/mol. The van der Waals surface area contributed by atoms with Crippen molar-refractivity contribution in [3.63, 3.8) is 0 Å². The number of aryl methyl sites for hydroxylation is 1. The molecule has 0 bridgehead atoms. The third-order valence-corrected chi connectivity index (χ3v) is 3.98. The molecular formula is C16H18ClN5O. The van der Waals surface area contributed by atoms with Gasteiger partial charge in [0.15, 0.2) is 0 Å². The lowest BCUT2D eigenvalue weighted by molar-refractivity contribution is -0.118. The molecule has 1 N–H and O–H groups in total. The highest BCUT2D eigenvalue weighted by atomic mass is 35.5. The quantitative estimate of drug-likeness (QED) is 0.872. The Hall–Kier alpha value is -2.34. The lowest BCUT2D eigenvalue weighted by Crippen LogP contribution is -2.46. The second-order valence-electron chi connectivity index (χ2n) is 5.45. The van der Waals surface area contributed by atoms with E-state index in [9.17, 15) is 4.79 Å². The number of amides is 1. The Labute approximate surface area is 140 Å². The average molecular weight is 332 g/mol. The summed E-state index contributed by atoms with van der Waals surface area (Å²) >= 11 is 5.90. The van der Waals surface area contributed by atoms with Gasteiger partial charge in [0.25, 0.3) is 0 Å². The topological polar surface area (TPSA) is 61.4 Å². The zero-order valence-electron chi connectivity index (χ0n) is 12.9. The molecule has 1 fully saturated rings. The third-order valence-electron chi connectivity index (χ3n) is 3.73. The first-order chi connectivity index (χ1) is 11.1. The number of benzene rings is 1. The van der Waals surface area contributed by atoms with Gasteiger partial charge in [-0.2, -0.15) is 4.98 Å². The Kier molecular flexibility index (Phi) is 4.62. The number of piperazine rings is 1. The summed E-state index contributed by atoms with van der Waals surface area (Å²) < 4.78 is 0. The van der Waals surface area contributed by atoms with Crippen LogP contribution in [0.4, 0.5) is 17.5 Å². The number of halogens is 1. The molecule has 1 aliphatic heterocycles. The first-order valence-electron chi connectivity index (χ1n) is 7.46. The number of aromatic nitrogens is 2. The number of carbonyl (C=O) groups is 1. The summed E-state index contributed by atoms with van der Waals surface area (Å²) in [7, 11) is 0. The van der Waals surface area contributed by atoms with E-state index in [1.165, 1.54) is 0 Å². The maximum absolute atomic E-state index is 10.8. The molecule has 0 spiro atoms. The molecule has 0 saturated carbocycles. The number of nitrogens with zero attached hydrogens (tertiary/aromatic N) is 4. The molecule has 1 aromatic heterocycles. The van der Waals surface area contributed by atoms with Gasteiger partial charge < -0.3 is 15.1 Å². The molecule has 7 heteroatoms. The molecule has 23 heavy (non-hydrogen) atoms. The lowest BCUT2D eigenvalue weighted by Gasteiger charge is -2.33. The summed E-state index contributed by atoms with van der Waals surface area (Å²) in [6.07, 6.45) is 0.899. The van der Waals surface area contributed by atoms with Crippen LogP contribution in [-0.4, -0.2) is 47.5 Å². The molecule has 0 radical (unpaired) electrons. The van der Waals surface area contributed by atoms with Crippen LogP contribution in [-0.2, 0) is 4.79 Å². The van der Waals surface area contributed by atoms with Crippen molar-refractivity contribution in [1.29, 1.82) is 0 Å². The highest BCUT2D eigenvalue weighted by Crippen LogP contribution is 2.20. The van der Waals surface area contributed by atoms with Crippen LogP contribution >= 0.6 is 11.6 Å². The number of nitrogens with one attached hydrogen (secondary N) is 1. The maximum Gasteiger partial charge on any atom is 0.229 e. The Morgan fingerprint density at radius 3 is 2.48 bits per heavy atom. The molecule has 120 valence electrons. The predicted molar refractivity (Wildman–Crippen MR) is 91.4 cm³/mol. The molecule has 1 amide bonds. The fourth-order valence-corrected chi connectivity index (χ4v) is 2.61. The van der Waals surface area contributed by atoms with Gasteiger partial charge in [0.05, 0.1) is 0 Å². The van der Waals surface area contributed by atoms with Crippen molar-refractivity contribution in [3.05, 3.63) is 41.0 Å². The van der Waals surface area contributed by atoms with E-state index in [0.29, 0.717) is 24.1 Å². The van der Waals surface area contributed by atoms with Gasteiger partial charge in [0.2, 0.25) is 12.4 Å². The molecule has 1 aliphatic rings. The van der Waals surface area contributed by atoms with Crippen LogP contribution in [0, 0.1) is 6.92 Å². The summed E-state index contributed by atoms with van der Waals surface area (Å²) in [4.78, 5) is 23.8. The molecule has 1 saturated heterocycles. The normalized spacial score (nSPS) is 14.7. The van der Waals surface area contributed by atoms with Crippen molar-refractivity contribution >= 4 is 35.5 Å². The Bertz CT molecular complexity index is 683. The summed E-state index contributed by atoms with van der Waals surface area (Å²) in [6.45, 7) is 4.92. The molecule has 1 aromatic carbocycles. The fourth-order valence-electron chi connectivity index (χ4n) is 2.49. The first-order valence-corrected chi connectivity index (χ1v) is 7.84. The molecule has 2 heterocycles. The van der Waals surface area contributed by atoms with E-state index in [-0.39, 0.29) is 0 Å². The van der Waals surface area contributed by atoms with Crippen LogP contribution in [0.25, 0.3) is 0 Å². The van der Waals surface area contributed by atoms with Gasteiger partial charge in [-0.1, -0.05) is 11.6 Å². The minimum Gasteiger partial charge on any atom is -0.353 e. The van der Waals surface area contributed by atoms with Crippen LogP contribution in [0.15, 0.2) is 30.3 Å². The zero-order chi connectivity index (χ0) is 16.2. The monoisotopic (exact) mass is 331 g/mol. The van der Waals surface area contributed by atoms with Crippen LogP contribution in [0.3, 0.4) is 0 Å². The molecule has 0 aliphatic carbocycles. The van der Waals surface area contributed by atoms with Crippen molar-refractivity contribution < 1.29 is 4.79 Å².